The lowest BCUT2D eigenvalue weighted by Crippen LogP contribution is -2.07. The van der Waals surface area contributed by atoms with Gasteiger partial charge in [0.25, 0.3) is 0 Å². The minimum atomic E-state index is 0.393. The maximum atomic E-state index is 9.67. The first-order valence-corrected chi connectivity index (χ1v) is 11.0. The number of hydrogen-bond acceptors (Lipinski definition) is 6. The molecule has 0 saturated carbocycles. The number of nitriles is 1. The highest BCUT2D eigenvalue weighted by Crippen LogP contribution is 2.28. The summed E-state index contributed by atoms with van der Waals surface area (Å²) >= 11 is 0. The van der Waals surface area contributed by atoms with Gasteiger partial charge < -0.3 is 5.32 Å². The van der Waals surface area contributed by atoms with Crippen LogP contribution in [-0.2, 0) is 0 Å². The molecule has 0 bridgehead atoms. The van der Waals surface area contributed by atoms with Gasteiger partial charge in [-0.2, -0.15) is 15.0 Å². The molecule has 0 unspecified atom stereocenters. The molecule has 7 heteroatoms. The van der Waals surface area contributed by atoms with Crippen LogP contribution in [0.3, 0.4) is 0 Å². The van der Waals surface area contributed by atoms with Gasteiger partial charge in [0.2, 0.25) is 0 Å². The van der Waals surface area contributed by atoms with E-state index in [9.17, 15) is 5.26 Å². The van der Waals surface area contributed by atoms with Crippen LogP contribution in [0, 0.1) is 39.0 Å². The Hall–Kier alpha value is -4.57. The number of fused-ring (bicyclic) bond motifs is 1. The fraction of sp³-hybridized carbons (Fsp3) is 0.148. The van der Waals surface area contributed by atoms with Crippen LogP contribution in [0.15, 0.2) is 60.8 Å². The molecule has 0 spiro atoms. The first-order valence-electron chi connectivity index (χ1n) is 11.0. The maximum Gasteiger partial charge on any atom is 0.156 e. The molecule has 0 radical (unpaired) electrons. The lowest BCUT2D eigenvalue weighted by atomic mass is 10.0. The first kappa shape index (κ1) is 21.3. The molecule has 0 aliphatic rings. The lowest BCUT2D eigenvalue weighted by Gasteiger charge is -2.13. The van der Waals surface area contributed by atoms with Crippen LogP contribution in [0.4, 0.5) is 11.6 Å². The Balaban J connectivity index is 1.53. The van der Waals surface area contributed by atoms with Gasteiger partial charge in [0.05, 0.1) is 17.4 Å². The van der Waals surface area contributed by atoms with Crippen LogP contribution < -0.4 is 5.32 Å². The third kappa shape index (κ3) is 3.86. The molecule has 34 heavy (non-hydrogen) atoms. The topological polar surface area (TPSA) is 92.3 Å². The summed E-state index contributed by atoms with van der Waals surface area (Å²) in [7, 11) is 0. The highest BCUT2D eigenvalue weighted by Gasteiger charge is 2.16. The average Bonchev–Trinajstić information content (AvgIpc) is 3.23. The van der Waals surface area contributed by atoms with Crippen molar-refractivity contribution in [1.82, 2.24) is 25.0 Å². The van der Waals surface area contributed by atoms with Gasteiger partial charge in [0, 0.05) is 10.9 Å². The SMILES string of the molecule is Cc1ccc(-c2ccc(Nc3c(C#N)cnn3-c3cc(C)c4cc(C)cc(C)c4n3)nn2)cc1. The summed E-state index contributed by atoms with van der Waals surface area (Å²) in [5, 5.41) is 27.1. The summed E-state index contributed by atoms with van der Waals surface area (Å²) in [4.78, 5) is 4.87. The van der Waals surface area contributed by atoms with Gasteiger partial charge in [0.15, 0.2) is 17.5 Å². The van der Waals surface area contributed by atoms with Gasteiger partial charge in [-0.15, -0.1) is 10.2 Å². The van der Waals surface area contributed by atoms with Crippen molar-refractivity contribution in [3.63, 3.8) is 0 Å². The zero-order valence-electron chi connectivity index (χ0n) is 19.5. The van der Waals surface area contributed by atoms with E-state index in [0.717, 1.165) is 33.3 Å². The predicted octanol–water partition coefficient (Wildman–Crippen LogP) is 5.73. The van der Waals surface area contributed by atoms with Crippen molar-refractivity contribution in [2.24, 2.45) is 0 Å². The molecule has 5 rings (SSSR count). The van der Waals surface area contributed by atoms with Crippen molar-refractivity contribution in [3.05, 3.63) is 88.6 Å². The molecule has 0 atom stereocenters. The molecule has 0 saturated heterocycles. The van der Waals surface area contributed by atoms with Crippen LogP contribution in [0.25, 0.3) is 28.0 Å². The Morgan fingerprint density at radius 3 is 2.35 bits per heavy atom. The third-order valence-electron chi connectivity index (χ3n) is 5.81. The highest BCUT2D eigenvalue weighted by molar-refractivity contribution is 5.86. The molecule has 3 heterocycles. The minimum absolute atomic E-state index is 0.393. The summed E-state index contributed by atoms with van der Waals surface area (Å²) in [5.74, 6) is 1.64. The largest absolute Gasteiger partial charge is 0.322 e. The van der Waals surface area contributed by atoms with E-state index in [0.29, 0.717) is 23.0 Å². The van der Waals surface area contributed by atoms with E-state index in [1.165, 1.54) is 17.3 Å². The number of anilines is 2. The zero-order valence-corrected chi connectivity index (χ0v) is 19.5. The molecule has 166 valence electrons. The predicted molar refractivity (Wildman–Crippen MR) is 133 cm³/mol. The van der Waals surface area contributed by atoms with Crippen LogP contribution in [0.5, 0.6) is 0 Å². The number of rotatable bonds is 4. The lowest BCUT2D eigenvalue weighted by molar-refractivity contribution is 0.856. The molecule has 0 aliphatic heterocycles. The molecule has 0 fully saturated rings. The second-order valence-electron chi connectivity index (χ2n) is 8.50. The van der Waals surface area contributed by atoms with Crippen molar-refractivity contribution in [2.75, 3.05) is 5.32 Å². The van der Waals surface area contributed by atoms with E-state index in [2.05, 4.69) is 59.6 Å². The molecule has 3 aromatic heterocycles. The highest BCUT2D eigenvalue weighted by atomic mass is 15.4. The number of aromatic nitrogens is 5. The molecule has 0 aliphatic carbocycles. The van der Waals surface area contributed by atoms with Gasteiger partial charge in [-0.25, -0.2) is 4.98 Å². The van der Waals surface area contributed by atoms with E-state index < -0.39 is 0 Å². The van der Waals surface area contributed by atoms with Crippen LogP contribution in [0.2, 0.25) is 0 Å². The number of nitrogens with one attached hydrogen (secondary N) is 1. The maximum absolute atomic E-state index is 9.67. The summed E-state index contributed by atoms with van der Waals surface area (Å²) < 4.78 is 1.64. The van der Waals surface area contributed by atoms with Gasteiger partial charge in [-0.05, 0) is 63.1 Å². The van der Waals surface area contributed by atoms with Gasteiger partial charge in [0.1, 0.15) is 11.6 Å². The van der Waals surface area contributed by atoms with Crippen molar-refractivity contribution in [2.45, 2.75) is 27.7 Å². The molecular formula is C27H23N7. The van der Waals surface area contributed by atoms with Crippen molar-refractivity contribution in [1.29, 1.82) is 5.26 Å². The van der Waals surface area contributed by atoms with Crippen molar-refractivity contribution in [3.8, 4) is 23.1 Å². The van der Waals surface area contributed by atoms with Crippen molar-refractivity contribution >= 4 is 22.5 Å². The van der Waals surface area contributed by atoms with Gasteiger partial charge in [-0.1, -0.05) is 41.5 Å². The number of nitrogens with zero attached hydrogens (tertiary/aromatic N) is 6. The minimum Gasteiger partial charge on any atom is -0.322 e. The van der Waals surface area contributed by atoms with E-state index >= 15 is 0 Å². The van der Waals surface area contributed by atoms with E-state index in [1.807, 2.05) is 49.4 Å². The van der Waals surface area contributed by atoms with Crippen LogP contribution in [0.1, 0.15) is 27.8 Å². The fourth-order valence-corrected chi connectivity index (χ4v) is 4.06. The third-order valence-corrected chi connectivity index (χ3v) is 5.81. The number of aryl methyl sites for hydroxylation is 4. The van der Waals surface area contributed by atoms with Crippen LogP contribution in [-0.4, -0.2) is 25.0 Å². The number of hydrogen-bond donors (Lipinski definition) is 1. The Bertz CT molecular complexity index is 1560. The van der Waals surface area contributed by atoms with E-state index in [-0.39, 0.29) is 0 Å². The fourth-order valence-electron chi connectivity index (χ4n) is 4.06. The number of pyridine rings is 1. The molecule has 5 aromatic rings. The molecular weight excluding hydrogens is 422 g/mol. The standard InChI is InChI=1S/C27H23N7/c1-16-5-7-20(8-6-16)23-9-10-24(33-32-23)30-27-21(14-28)15-29-34(27)25-13-18(3)22-12-17(2)11-19(4)26(22)31-25/h5-13,15H,1-4H3,(H,30,33). The second kappa shape index (κ2) is 8.41. The smallest absolute Gasteiger partial charge is 0.156 e. The Labute approximate surface area is 197 Å². The Kier molecular flexibility index (Phi) is 5.27. The average molecular weight is 446 g/mol. The monoisotopic (exact) mass is 445 g/mol. The quantitative estimate of drug-likeness (QED) is 0.380. The van der Waals surface area contributed by atoms with E-state index in [1.54, 1.807) is 4.68 Å². The molecule has 1 N–H and O–H groups in total. The normalized spacial score (nSPS) is 10.9. The van der Waals surface area contributed by atoms with Crippen molar-refractivity contribution < 1.29 is 0 Å². The van der Waals surface area contributed by atoms with E-state index in [4.69, 9.17) is 4.98 Å². The first-order chi connectivity index (χ1) is 16.4. The zero-order chi connectivity index (χ0) is 23.8. The number of benzene rings is 2. The Morgan fingerprint density at radius 2 is 1.65 bits per heavy atom. The Morgan fingerprint density at radius 1 is 0.853 bits per heavy atom. The van der Waals surface area contributed by atoms with Crippen LogP contribution >= 0.6 is 0 Å². The molecule has 0 amide bonds. The molecule has 2 aromatic carbocycles. The van der Waals surface area contributed by atoms with Gasteiger partial charge >= 0.3 is 0 Å². The molecule has 7 nitrogen and oxygen atoms in total. The summed E-state index contributed by atoms with van der Waals surface area (Å²) in [6.45, 7) is 8.25. The summed E-state index contributed by atoms with van der Waals surface area (Å²) in [6.07, 6.45) is 1.53. The summed E-state index contributed by atoms with van der Waals surface area (Å²) in [6, 6.07) is 20.3. The summed E-state index contributed by atoms with van der Waals surface area (Å²) in [5.41, 5.74) is 7.66. The van der Waals surface area contributed by atoms with Gasteiger partial charge in [-0.3, -0.25) is 0 Å². The second-order valence-corrected chi connectivity index (χ2v) is 8.50.